The molecule has 0 saturated carbocycles. The maximum atomic E-state index is 12.3. The molecule has 0 saturated heterocycles. The van der Waals surface area contributed by atoms with Crippen molar-refractivity contribution in [3.63, 3.8) is 0 Å². The number of aromatic nitrogens is 2. The summed E-state index contributed by atoms with van der Waals surface area (Å²) in [4.78, 5) is 16.5. The van der Waals surface area contributed by atoms with E-state index in [0.29, 0.717) is 6.54 Å². The van der Waals surface area contributed by atoms with Gasteiger partial charge in [0.15, 0.2) is 0 Å². The van der Waals surface area contributed by atoms with Gasteiger partial charge in [0.1, 0.15) is 5.82 Å². The van der Waals surface area contributed by atoms with Crippen LogP contribution >= 0.6 is 11.6 Å². The lowest BCUT2D eigenvalue weighted by atomic mass is 9.97. The molecule has 1 atom stereocenters. The summed E-state index contributed by atoms with van der Waals surface area (Å²) in [6.07, 6.45) is 0. The second-order valence-electron chi connectivity index (χ2n) is 5.50. The van der Waals surface area contributed by atoms with E-state index in [1.807, 2.05) is 48.5 Å². The highest BCUT2D eigenvalue weighted by Crippen LogP contribution is 2.29. The Kier molecular flexibility index (Phi) is 3.12. The molecule has 0 fully saturated rings. The molecule has 0 radical (unpaired) electrons. The zero-order chi connectivity index (χ0) is 15.1. The minimum Gasteiger partial charge on any atom is -0.370 e. The van der Waals surface area contributed by atoms with Crippen LogP contribution in [0.3, 0.4) is 0 Å². The standard InChI is InChI=1S/C17H14ClN3O/c18-13-7-5-11(6-8-13)12-9-19-16-14-3-1-2-4-15(14)20-17(22)21(16)10-12/h1-8,12,19H,9-10H2/t12-/m1/s1. The molecule has 0 amide bonds. The van der Waals surface area contributed by atoms with Crippen LogP contribution in [0.1, 0.15) is 11.5 Å². The van der Waals surface area contributed by atoms with Crippen molar-refractivity contribution in [3.05, 3.63) is 69.6 Å². The average Bonchev–Trinajstić information content (AvgIpc) is 2.55. The van der Waals surface area contributed by atoms with E-state index in [2.05, 4.69) is 10.3 Å². The van der Waals surface area contributed by atoms with Gasteiger partial charge in [-0.2, -0.15) is 4.98 Å². The third kappa shape index (κ3) is 2.16. The van der Waals surface area contributed by atoms with Crippen LogP contribution in [-0.2, 0) is 6.54 Å². The molecule has 4 nitrogen and oxygen atoms in total. The fourth-order valence-corrected chi connectivity index (χ4v) is 3.12. The first-order chi connectivity index (χ1) is 10.7. The van der Waals surface area contributed by atoms with Crippen LogP contribution in [0.2, 0.25) is 5.02 Å². The lowest BCUT2D eigenvalue weighted by Gasteiger charge is -2.28. The monoisotopic (exact) mass is 311 g/mol. The SMILES string of the molecule is O=c1nc2ccccc2c2n1C[C@H](c1ccc(Cl)cc1)CN2. The van der Waals surface area contributed by atoms with Crippen LogP contribution in [-0.4, -0.2) is 16.1 Å². The molecule has 1 aliphatic heterocycles. The number of rotatable bonds is 1. The fraction of sp³-hybridized carbons (Fsp3) is 0.176. The van der Waals surface area contributed by atoms with Crippen molar-refractivity contribution in [3.8, 4) is 0 Å². The summed E-state index contributed by atoms with van der Waals surface area (Å²) in [5.41, 5.74) is 1.69. The number of hydrogen-bond acceptors (Lipinski definition) is 3. The minimum atomic E-state index is -0.208. The van der Waals surface area contributed by atoms with Gasteiger partial charge in [-0.3, -0.25) is 4.57 Å². The highest BCUT2D eigenvalue weighted by Gasteiger charge is 2.22. The van der Waals surface area contributed by atoms with E-state index in [1.165, 1.54) is 5.56 Å². The predicted molar refractivity (Wildman–Crippen MR) is 88.7 cm³/mol. The molecule has 22 heavy (non-hydrogen) atoms. The van der Waals surface area contributed by atoms with Gasteiger partial charge in [-0.1, -0.05) is 35.9 Å². The van der Waals surface area contributed by atoms with E-state index in [9.17, 15) is 4.79 Å². The quantitative estimate of drug-likeness (QED) is 0.750. The zero-order valence-corrected chi connectivity index (χ0v) is 12.5. The molecule has 0 unspecified atom stereocenters. The Morgan fingerprint density at radius 1 is 1.14 bits per heavy atom. The van der Waals surface area contributed by atoms with Crippen molar-refractivity contribution in [2.24, 2.45) is 0 Å². The summed E-state index contributed by atoms with van der Waals surface area (Å²) in [5, 5.41) is 5.10. The van der Waals surface area contributed by atoms with Gasteiger partial charge in [-0.25, -0.2) is 4.79 Å². The van der Waals surface area contributed by atoms with Crippen molar-refractivity contribution in [1.29, 1.82) is 0 Å². The van der Waals surface area contributed by atoms with Gasteiger partial charge in [0.25, 0.3) is 0 Å². The fourth-order valence-electron chi connectivity index (χ4n) is 3.00. The van der Waals surface area contributed by atoms with Crippen LogP contribution in [0.5, 0.6) is 0 Å². The first kappa shape index (κ1) is 13.3. The van der Waals surface area contributed by atoms with Crippen molar-refractivity contribution < 1.29 is 0 Å². The van der Waals surface area contributed by atoms with E-state index in [1.54, 1.807) is 4.57 Å². The van der Waals surface area contributed by atoms with Crippen molar-refractivity contribution in [1.82, 2.24) is 9.55 Å². The Balaban J connectivity index is 1.79. The number of benzene rings is 2. The lowest BCUT2D eigenvalue weighted by Crippen LogP contribution is -2.35. The van der Waals surface area contributed by atoms with Gasteiger partial charge in [0.2, 0.25) is 0 Å². The third-order valence-corrected chi connectivity index (χ3v) is 4.39. The van der Waals surface area contributed by atoms with E-state index < -0.39 is 0 Å². The molecule has 1 aromatic heterocycles. The van der Waals surface area contributed by atoms with Crippen LogP contribution in [0.15, 0.2) is 53.3 Å². The van der Waals surface area contributed by atoms with Crippen LogP contribution in [0.4, 0.5) is 5.82 Å². The summed E-state index contributed by atoms with van der Waals surface area (Å²) >= 11 is 5.94. The molecule has 2 aromatic carbocycles. The second kappa shape index (κ2) is 5.14. The molecular formula is C17H14ClN3O. The molecule has 0 bridgehead atoms. The summed E-state index contributed by atoms with van der Waals surface area (Å²) in [6.45, 7) is 1.41. The first-order valence-corrected chi connectivity index (χ1v) is 7.59. The third-order valence-electron chi connectivity index (χ3n) is 4.14. The molecule has 110 valence electrons. The average molecular weight is 312 g/mol. The van der Waals surface area contributed by atoms with Crippen molar-refractivity contribution in [2.75, 3.05) is 11.9 Å². The molecule has 5 heteroatoms. The molecule has 1 aliphatic rings. The summed E-state index contributed by atoms with van der Waals surface area (Å²) in [7, 11) is 0. The predicted octanol–water partition coefficient (Wildman–Crippen LogP) is 3.26. The highest BCUT2D eigenvalue weighted by atomic mass is 35.5. The number of anilines is 1. The smallest absolute Gasteiger partial charge is 0.349 e. The Labute approximate surface area is 132 Å². The zero-order valence-electron chi connectivity index (χ0n) is 11.8. The van der Waals surface area contributed by atoms with Gasteiger partial charge in [-0.05, 0) is 29.8 Å². The Hall–Kier alpha value is -2.33. The largest absolute Gasteiger partial charge is 0.370 e. The van der Waals surface area contributed by atoms with E-state index in [4.69, 9.17) is 11.6 Å². The number of nitrogens with one attached hydrogen (secondary N) is 1. The number of para-hydroxylation sites is 1. The number of hydrogen-bond donors (Lipinski definition) is 1. The van der Waals surface area contributed by atoms with Crippen LogP contribution < -0.4 is 11.0 Å². The molecule has 2 heterocycles. The minimum absolute atomic E-state index is 0.208. The van der Waals surface area contributed by atoms with Gasteiger partial charge in [0.05, 0.1) is 5.52 Å². The number of fused-ring (bicyclic) bond motifs is 3. The van der Waals surface area contributed by atoms with Crippen LogP contribution in [0.25, 0.3) is 10.9 Å². The molecule has 1 N–H and O–H groups in total. The Morgan fingerprint density at radius 2 is 1.91 bits per heavy atom. The topological polar surface area (TPSA) is 46.9 Å². The van der Waals surface area contributed by atoms with E-state index in [0.717, 1.165) is 28.3 Å². The summed E-state index contributed by atoms with van der Waals surface area (Å²) < 4.78 is 1.73. The maximum Gasteiger partial charge on any atom is 0.349 e. The Morgan fingerprint density at radius 3 is 2.73 bits per heavy atom. The van der Waals surface area contributed by atoms with Gasteiger partial charge in [0, 0.05) is 29.4 Å². The second-order valence-corrected chi connectivity index (χ2v) is 5.94. The maximum absolute atomic E-state index is 12.3. The van der Waals surface area contributed by atoms with Crippen molar-refractivity contribution in [2.45, 2.75) is 12.5 Å². The molecule has 0 spiro atoms. The van der Waals surface area contributed by atoms with Gasteiger partial charge >= 0.3 is 5.69 Å². The first-order valence-electron chi connectivity index (χ1n) is 7.21. The van der Waals surface area contributed by atoms with E-state index in [-0.39, 0.29) is 11.6 Å². The summed E-state index contributed by atoms with van der Waals surface area (Å²) in [5.74, 6) is 1.09. The van der Waals surface area contributed by atoms with Gasteiger partial charge in [-0.15, -0.1) is 0 Å². The molecule has 3 aromatic rings. The lowest BCUT2D eigenvalue weighted by molar-refractivity contribution is 0.530. The van der Waals surface area contributed by atoms with Gasteiger partial charge < -0.3 is 5.32 Å². The number of nitrogens with zero attached hydrogens (tertiary/aromatic N) is 2. The molecule has 4 rings (SSSR count). The highest BCUT2D eigenvalue weighted by molar-refractivity contribution is 6.30. The normalized spacial score (nSPS) is 17.0. The van der Waals surface area contributed by atoms with Crippen molar-refractivity contribution >= 4 is 28.3 Å². The number of halogens is 1. The Bertz CT molecular complexity index is 902. The van der Waals surface area contributed by atoms with Crippen LogP contribution in [0, 0.1) is 0 Å². The molecule has 0 aliphatic carbocycles. The summed E-state index contributed by atoms with van der Waals surface area (Å²) in [6, 6.07) is 15.5. The molecular weight excluding hydrogens is 298 g/mol. The van der Waals surface area contributed by atoms with E-state index >= 15 is 0 Å².